The fraction of sp³-hybridized carbons (Fsp3) is 0.647. The van der Waals surface area contributed by atoms with Crippen LogP contribution in [0.25, 0.3) is 10.8 Å². The van der Waals surface area contributed by atoms with Gasteiger partial charge in [0.2, 0.25) is 11.8 Å². The van der Waals surface area contributed by atoms with Crippen LogP contribution in [0, 0.1) is 46.3 Å². The van der Waals surface area contributed by atoms with Crippen molar-refractivity contribution in [3.05, 3.63) is 36.4 Å². The van der Waals surface area contributed by atoms with Crippen LogP contribution in [0.2, 0.25) is 0 Å². The van der Waals surface area contributed by atoms with Gasteiger partial charge in [-0.1, -0.05) is 24.3 Å². The zero-order chi connectivity index (χ0) is 25.5. The molecule has 4 nitrogen and oxygen atoms in total. The van der Waals surface area contributed by atoms with Crippen molar-refractivity contribution < 1.29 is 9.59 Å². The van der Waals surface area contributed by atoms with Gasteiger partial charge in [-0.15, -0.1) is 0 Å². The standard InChI is InChI=1S/C34H42N2O2/c37-31(19-33-13-21-5-22(14-33)7-23(6-21)15-33)35-29-11-27-3-1-2-4-28(27)12-30(29)36-32(38)20-34-16-24-8-25(17-34)10-26(9-24)18-34/h1-4,11-12,21-26H,5-10,13-20H2,(H,35,37)(H,36,38). The van der Waals surface area contributed by atoms with E-state index in [9.17, 15) is 9.59 Å². The quantitative estimate of drug-likeness (QED) is 0.414. The summed E-state index contributed by atoms with van der Waals surface area (Å²) in [4.78, 5) is 27.1. The van der Waals surface area contributed by atoms with Crippen molar-refractivity contribution in [2.24, 2.45) is 46.3 Å². The first kappa shape index (κ1) is 23.5. The smallest absolute Gasteiger partial charge is 0.224 e. The molecule has 8 aliphatic carbocycles. The minimum absolute atomic E-state index is 0.124. The Hall–Kier alpha value is -2.36. The molecule has 0 heterocycles. The molecule has 8 fully saturated rings. The first-order valence-corrected chi connectivity index (χ1v) is 15.5. The van der Waals surface area contributed by atoms with Gasteiger partial charge in [0, 0.05) is 12.8 Å². The Labute approximate surface area is 226 Å². The number of rotatable bonds is 6. The predicted octanol–water partition coefficient (Wildman–Crippen LogP) is 7.93. The molecule has 2 aromatic rings. The zero-order valence-corrected chi connectivity index (χ0v) is 22.6. The third-order valence-electron chi connectivity index (χ3n) is 11.8. The molecule has 2 N–H and O–H groups in total. The summed E-state index contributed by atoms with van der Waals surface area (Å²) < 4.78 is 0. The molecule has 38 heavy (non-hydrogen) atoms. The number of nitrogens with one attached hydrogen (secondary N) is 2. The minimum atomic E-state index is 0.124. The molecule has 10 rings (SSSR count). The lowest BCUT2D eigenvalue weighted by Crippen LogP contribution is -2.47. The second kappa shape index (κ2) is 8.57. The van der Waals surface area contributed by atoms with E-state index in [0.29, 0.717) is 12.8 Å². The van der Waals surface area contributed by atoms with E-state index < -0.39 is 0 Å². The number of hydrogen-bond donors (Lipinski definition) is 2. The molecule has 0 radical (unpaired) electrons. The van der Waals surface area contributed by atoms with Crippen molar-refractivity contribution in [3.63, 3.8) is 0 Å². The molecule has 2 aromatic carbocycles. The summed E-state index contributed by atoms with van der Waals surface area (Å²) in [5, 5.41) is 8.77. The molecule has 0 aliphatic heterocycles. The van der Waals surface area contributed by atoms with Crippen molar-refractivity contribution in [1.29, 1.82) is 0 Å². The van der Waals surface area contributed by atoms with Gasteiger partial charge in [-0.05, 0) is 146 Å². The molecule has 8 saturated carbocycles. The average molecular weight is 511 g/mol. The summed E-state index contributed by atoms with van der Waals surface area (Å²) in [5.74, 6) is 5.30. The van der Waals surface area contributed by atoms with E-state index in [4.69, 9.17) is 0 Å². The fourth-order valence-electron chi connectivity index (χ4n) is 11.5. The molecule has 0 unspecified atom stereocenters. The molecule has 0 atom stereocenters. The maximum Gasteiger partial charge on any atom is 0.224 e. The average Bonchev–Trinajstić information content (AvgIpc) is 2.82. The van der Waals surface area contributed by atoms with Crippen molar-refractivity contribution >= 4 is 34.0 Å². The van der Waals surface area contributed by atoms with E-state index in [2.05, 4.69) is 34.9 Å². The van der Waals surface area contributed by atoms with Crippen molar-refractivity contribution in [1.82, 2.24) is 0 Å². The number of fused-ring (bicyclic) bond motifs is 1. The number of hydrogen-bond acceptors (Lipinski definition) is 2. The molecule has 8 aliphatic rings. The highest BCUT2D eigenvalue weighted by atomic mass is 16.2. The van der Waals surface area contributed by atoms with Gasteiger partial charge in [-0.2, -0.15) is 0 Å². The summed E-state index contributed by atoms with van der Waals surface area (Å²) in [5.41, 5.74) is 1.93. The SMILES string of the molecule is O=C(CC12CC3CC(CC(C3)C1)C2)Nc1cc2ccccc2cc1NC(=O)CC12CC3CC(CC(C3)C1)C2. The van der Waals surface area contributed by atoms with E-state index in [1.54, 1.807) is 0 Å². The molecule has 200 valence electrons. The van der Waals surface area contributed by atoms with Gasteiger partial charge >= 0.3 is 0 Å². The second-order valence-electron chi connectivity index (χ2n) is 15.0. The van der Waals surface area contributed by atoms with Crippen LogP contribution >= 0.6 is 0 Å². The van der Waals surface area contributed by atoms with E-state index in [1.165, 1.54) is 77.0 Å². The van der Waals surface area contributed by atoms with Gasteiger partial charge in [0.25, 0.3) is 0 Å². The summed E-state index contributed by atoms with van der Waals surface area (Å²) in [6.45, 7) is 0. The van der Waals surface area contributed by atoms with Crippen LogP contribution in [0.1, 0.15) is 89.9 Å². The van der Waals surface area contributed by atoms with Crippen LogP contribution < -0.4 is 10.6 Å². The van der Waals surface area contributed by atoms with E-state index in [-0.39, 0.29) is 22.6 Å². The van der Waals surface area contributed by atoms with Crippen LogP contribution in [-0.2, 0) is 9.59 Å². The van der Waals surface area contributed by atoms with E-state index >= 15 is 0 Å². The fourth-order valence-corrected chi connectivity index (χ4v) is 11.5. The Kier molecular flexibility index (Phi) is 5.30. The summed E-state index contributed by atoms with van der Waals surface area (Å²) >= 11 is 0. The van der Waals surface area contributed by atoms with Gasteiger partial charge < -0.3 is 10.6 Å². The first-order chi connectivity index (χ1) is 18.4. The predicted molar refractivity (Wildman–Crippen MR) is 152 cm³/mol. The lowest BCUT2D eigenvalue weighted by Gasteiger charge is -2.56. The van der Waals surface area contributed by atoms with Crippen LogP contribution in [0.15, 0.2) is 36.4 Å². The van der Waals surface area contributed by atoms with Crippen LogP contribution in [-0.4, -0.2) is 11.8 Å². The van der Waals surface area contributed by atoms with Gasteiger partial charge in [0.15, 0.2) is 0 Å². The Morgan fingerprint density at radius 1 is 0.579 bits per heavy atom. The Morgan fingerprint density at radius 3 is 1.21 bits per heavy atom. The summed E-state index contributed by atoms with van der Waals surface area (Å²) in [6.07, 6.45) is 17.0. The molecule has 2 amide bonds. The van der Waals surface area contributed by atoms with Crippen LogP contribution in [0.3, 0.4) is 0 Å². The number of carbonyl (C=O) groups is 2. The third-order valence-corrected chi connectivity index (χ3v) is 11.8. The van der Waals surface area contributed by atoms with E-state index in [0.717, 1.165) is 57.7 Å². The highest BCUT2D eigenvalue weighted by Gasteiger charge is 2.52. The number of carbonyl (C=O) groups excluding carboxylic acids is 2. The largest absolute Gasteiger partial charge is 0.324 e. The molecule has 0 spiro atoms. The minimum Gasteiger partial charge on any atom is -0.324 e. The number of anilines is 2. The molecule has 4 heteroatoms. The van der Waals surface area contributed by atoms with Gasteiger partial charge in [-0.25, -0.2) is 0 Å². The monoisotopic (exact) mass is 510 g/mol. The molecule has 0 aromatic heterocycles. The summed E-state index contributed by atoms with van der Waals surface area (Å²) in [6, 6.07) is 12.4. The van der Waals surface area contributed by atoms with Gasteiger partial charge in [-0.3, -0.25) is 9.59 Å². The topological polar surface area (TPSA) is 58.2 Å². The Bertz CT molecular complexity index is 1130. The summed E-state index contributed by atoms with van der Waals surface area (Å²) in [7, 11) is 0. The normalized spacial score (nSPS) is 40.0. The molecule has 8 bridgehead atoms. The Balaban J connectivity index is 1.02. The Morgan fingerprint density at radius 2 is 0.895 bits per heavy atom. The highest BCUT2D eigenvalue weighted by molar-refractivity contribution is 6.04. The number of amides is 2. The van der Waals surface area contributed by atoms with Crippen LogP contribution in [0.4, 0.5) is 11.4 Å². The molecular weight excluding hydrogens is 468 g/mol. The van der Waals surface area contributed by atoms with E-state index in [1.807, 2.05) is 12.1 Å². The van der Waals surface area contributed by atoms with Crippen molar-refractivity contribution in [2.75, 3.05) is 10.6 Å². The van der Waals surface area contributed by atoms with Crippen molar-refractivity contribution in [3.8, 4) is 0 Å². The third kappa shape index (κ3) is 4.18. The zero-order valence-electron chi connectivity index (χ0n) is 22.6. The maximum absolute atomic E-state index is 13.5. The maximum atomic E-state index is 13.5. The second-order valence-corrected chi connectivity index (χ2v) is 15.0. The highest BCUT2D eigenvalue weighted by Crippen LogP contribution is 2.62. The lowest BCUT2D eigenvalue weighted by atomic mass is 9.49. The van der Waals surface area contributed by atoms with Gasteiger partial charge in [0.1, 0.15) is 0 Å². The molecular formula is C34H42N2O2. The van der Waals surface area contributed by atoms with Crippen LogP contribution in [0.5, 0.6) is 0 Å². The lowest BCUT2D eigenvalue weighted by molar-refractivity contribution is -0.125. The first-order valence-electron chi connectivity index (χ1n) is 15.5. The number of benzene rings is 2. The van der Waals surface area contributed by atoms with Gasteiger partial charge in [0.05, 0.1) is 11.4 Å². The van der Waals surface area contributed by atoms with Crippen molar-refractivity contribution in [2.45, 2.75) is 89.9 Å². The molecule has 0 saturated heterocycles.